The molecule has 7 aliphatic rings. The molecular weight excluding hydrogens is 991 g/mol. The lowest BCUT2D eigenvalue weighted by Crippen LogP contribution is -2.64. The lowest BCUT2D eigenvalue weighted by Gasteiger charge is -2.57. The smallest absolute Gasteiger partial charge is 0.251 e. The third-order valence-electron chi connectivity index (χ3n) is 16.5. The molecule has 4 aliphatic carbocycles. The number of carbonyl (C=O) groups excluding carboxylic acids is 7. The van der Waals surface area contributed by atoms with Crippen LogP contribution in [-0.4, -0.2) is 191 Å². The van der Waals surface area contributed by atoms with Crippen molar-refractivity contribution in [2.24, 2.45) is 29.1 Å². The van der Waals surface area contributed by atoms with Gasteiger partial charge in [-0.25, -0.2) is 0 Å². The van der Waals surface area contributed by atoms with Crippen molar-refractivity contribution in [3.63, 3.8) is 0 Å². The second-order valence-corrected chi connectivity index (χ2v) is 22.5. The van der Waals surface area contributed by atoms with Gasteiger partial charge in [0, 0.05) is 43.8 Å². The molecule has 13 N–H and O–H groups in total. The topological polar surface area (TPSA) is 357 Å². The minimum atomic E-state index is -2.25. The summed E-state index contributed by atoms with van der Waals surface area (Å²) in [6.45, 7) is 3.44. The van der Waals surface area contributed by atoms with Crippen LogP contribution in [0.2, 0.25) is 0 Å². The fourth-order valence-corrected chi connectivity index (χ4v) is 12.9. The molecule has 4 saturated carbocycles. The highest BCUT2D eigenvalue weighted by molar-refractivity contribution is 6.00. The molecule has 9 rings (SSSR count). The second-order valence-electron chi connectivity index (χ2n) is 22.5. The molecular formula is C53H73N7O16. The zero-order valence-electron chi connectivity index (χ0n) is 42.9. The van der Waals surface area contributed by atoms with Gasteiger partial charge in [-0.15, -0.1) is 0 Å². The minimum Gasteiger partial charge on any atom is -0.508 e. The van der Waals surface area contributed by atoms with Crippen molar-refractivity contribution in [3.05, 3.63) is 59.7 Å². The highest BCUT2D eigenvalue weighted by Gasteiger charge is 2.52. The third-order valence-corrected chi connectivity index (χ3v) is 16.5. The van der Waals surface area contributed by atoms with E-state index in [-0.39, 0.29) is 24.3 Å². The number of nitrogens with one attached hydrogen (secondary N) is 5. The first-order valence-corrected chi connectivity index (χ1v) is 26.4. The molecule has 416 valence electrons. The maximum atomic E-state index is 14.4. The normalized spacial score (nSPS) is 35.7. The van der Waals surface area contributed by atoms with Gasteiger partial charge in [0.2, 0.25) is 35.4 Å². The van der Waals surface area contributed by atoms with Crippen molar-refractivity contribution in [1.29, 1.82) is 0 Å². The number of aromatic hydroxyl groups is 1. The zero-order valence-corrected chi connectivity index (χ0v) is 42.9. The molecule has 3 aliphatic heterocycles. The molecule has 2 aromatic carbocycles. The monoisotopic (exact) mass is 1060 g/mol. The van der Waals surface area contributed by atoms with Crippen LogP contribution in [0.1, 0.15) is 94.5 Å². The lowest BCUT2D eigenvalue weighted by molar-refractivity contribution is -0.148. The van der Waals surface area contributed by atoms with Crippen molar-refractivity contribution < 1.29 is 79.2 Å². The van der Waals surface area contributed by atoms with Crippen LogP contribution in [-0.2, 0) is 35.2 Å². The average molecular weight is 1060 g/mol. The summed E-state index contributed by atoms with van der Waals surface area (Å²) in [5, 5.41) is 100.0. The summed E-state index contributed by atoms with van der Waals surface area (Å²) in [5.41, 5.74) is 0.708. The number of hydrogen-bond acceptors (Lipinski definition) is 16. The predicted molar refractivity (Wildman–Crippen MR) is 267 cm³/mol. The lowest BCUT2D eigenvalue weighted by atomic mass is 9.49. The van der Waals surface area contributed by atoms with Gasteiger partial charge in [-0.2, -0.15) is 0 Å². The molecule has 3 saturated heterocycles. The second kappa shape index (κ2) is 23.3. The number of aliphatic hydroxyl groups excluding tert-OH is 7. The van der Waals surface area contributed by atoms with E-state index >= 15 is 0 Å². The Hall–Kier alpha value is -5.95. The maximum absolute atomic E-state index is 14.4. The molecule has 4 bridgehead atoms. The van der Waals surface area contributed by atoms with E-state index in [9.17, 15) is 74.4 Å². The Labute approximate surface area is 439 Å². The fourth-order valence-electron chi connectivity index (χ4n) is 12.9. The van der Waals surface area contributed by atoms with Crippen molar-refractivity contribution in [3.8, 4) is 11.5 Å². The Morgan fingerprint density at radius 2 is 1.26 bits per heavy atom. The summed E-state index contributed by atoms with van der Waals surface area (Å²) < 4.78 is 6.15. The van der Waals surface area contributed by atoms with Crippen molar-refractivity contribution >= 4 is 41.4 Å². The van der Waals surface area contributed by atoms with Crippen LogP contribution < -0.4 is 31.3 Å². The van der Waals surface area contributed by atoms with E-state index in [4.69, 9.17) is 4.74 Å². The molecule has 14 atom stereocenters. The maximum Gasteiger partial charge on any atom is 0.251 e. The molecule has 14 unspecified atom stereocenters. The van der Waals surface area contributed by atoms with Crippen LogP contribution in [0.25, 0.3) is 0 Å². The first kappa shape index (κ1) is 56.3. The van der Waals surface area contributed by atoms with Gasteiger partial charge >= 0.3 is 0 Å². The van der Waals surface area contributed by atoms with Gasteiger partial charge in [0.25, 0.3) is 5.91 Å². The molecule has 76 heavy (non-hydrogen) atoms. The number of nitrogens with zero attached hydrogens (tertiary/aromatic N) is 2. The van der Waals surface area contributed by atoms with E-state index in [0.29, 0.717) is 23.3 Å². The molecule has 2 aromatic rings. The average Bonchev–Trinajstić information content (AvgIpc) is 3.90. The first-order valence-electron chi connectivity index (χ1n) is 26.4. The van der Waals surface area contributed by atoms with Crippen molar-refractivity contribution in [2.75, 3.05) is 19.7 Å². The number of hydrogen-bond donors (Lipinski definition) is 13. The molecule has 0 radical (unpaired) electrons. The Kier molecular flexibility index (Phi) is 17.3. The van der Waals surface area contributed by atoms with E-state index in [1.165, 1.54) is 81.8 Å². The van der Waals surface area contributed by atoms with E-state index in [1.807, 2.05) is 0 Å². The van der Waals surface area contributed by atoms with Crippen molar-refractivity contribution in [1.82, 2.24) is 36.4 Å². The number of aliphatic hydroxyl groups is 7. The molecule has 23 heteroatoms. The van der Waals surface area contributed by atoms with Crippen molar-refractivity contribution in [2.45, 2.75) is 164 Å². The van der Waals surface area contributed by atoms with Gasteiger partial charge in [0.05, 0.1) is 37.1 Å². The van der Waals surface area contributed by atoms with Crippen LogP contribution in [0.4, 0.5) is 0 Å². The molecule has 0 spiro atoms. The van der Waals surface area contributed by atoms with Crippen LogP contribution in [0, 0.1) is 29.1 Å². The third kappa shape index (κ3) is 12.6. The van der Waals surface area contributed by atoms with Gasteiger partial charge in [0.15, 0.2) is 6.23 Å². The van der Waals surface area contributed by atoms with Gasteiger partial charge < -0.3 is 82.0 Å². The Bertz CT molecular complexity index is 2420. The number of carbonyl (C=O) groups is 7. The fraction of sp³-hybridized carbons (Fsp3) is 0.642. The summed E-state index contributed by atoms with van der Waals surface area (Å²) in [6, 6.07) is 0.599. The van der Waals surface area contributed by atoms with E-state index < -0.39 is 146 Å². The molecule has 7 amide bonds. The quantitative estimate of drug-likeness (QED) is 0.112. The van der Waals surface area contributed by atoms with Gasteiger partial charge in [-0.1, -0.05) is 19.1 Å². The van der Waals surface area contributed by atoms with Gasteiger partial charge in [-0.05, 0) is 124 Å². The minimum absolute atomic E-state index is 0.0408. The number of fused-ring (bicyclic) bond motifs is 2. The summed E-state index contributed by atoms with van der Waals surface area (Å²) in [4.78, 5) is 101. The highest BCUT2D eigenvalue weighted by atomic mass is 16.5. The van der Waals surface area contributed by atoms with E-state index in [1.54, 1.807) is 12.1 Å². The predicted octanol–water partition coefficient (Wildman–Crippen LogP) is -2.34. The number of phenols is 1. The highest BCUT2D eigenvalue weighted by Crippen LogP contribution is 2.61. The van der Waals surface area contributed by atoms with Gasteiger partial charge in [-0.3, -0.25) is 33.6 Å². The van der Waals surface area contributed by atoms with Crippen LogP contribution in [0.5, 0.6) is 11.5 Å². The largest absolute Gasteiger partial charge is 0.508 e. The molecule has 23 nitrogen and oxygen atoms in total. The number of phenolic OH excluding ortho intramolecular Hbond substituents is 1. The summed E-state index contributed by atoms with van der Waals surface area (Å²) in [6.07, 6.45) is -5.56. The summed E-state index contributed by atoms with van der Waals surface area (Å²) in [7, 11) is 0. The number of amides is 7. The number of benzene rings is 2. The summed E-state index contributed by atoms with van der Waals surface area (Å²) >= 11 is 0. The molecule has 3 heterocycles. The number of ether oxygens (including phenoxy) is 1. The van der Waals surface area contributed by atoms with E-state index in [0.717, 1.165) is 47.8 Å². The van der Waals surface area contributed by atoms with E-state index in [2.05, 4.69) is 26.6 Å². The van der Waals surface area contributed by atoms with Crippen LogP contribution >= 0.6 is 0 Å². The van der Waals surface area contributed by atoms with Crippen LogP contribution in [0.3, 0.4) is 0 Å². The van der Waals surface area contributed by atoms with Gasteiger partial charge in [0.1, 0.15) is 53.9 Å². The Morgan fingerprint density at radius 3 is 1.86 bits per heavy atom. The SMILES string of the molecule is CC(O)C1NC(=O)C(NC(=O)c2ccc(OCCC34CC5CC(CC(C5)C3)C4)cc2)CC(O)C(O)NC(=O)C2C(O)C(C)CN2C(=O)C(C(C)O)NC(=O)C(C(O)Cc2ccc(O)cc2)NC(=O)C2CC(O)CN2C1=O. The van der Waals surface area contributed by atoms with Crippen LogP contribution in [0.15, 0.2) is 48.5 Å². The number of rotatable bonds is 11. The Morgan fingerprint density at radius 1 is 0.697 bits per heavy atom. The zero-order chi connectivity index (χ0) is 54.9. The first-order chi connectivity index (χ1) is 36.0. The molecule has 0 aromatic heterocycles. The standard InChI is InChI=1S/C53H73N7O16/c1-25-23-60-43(44(25)67)50(73)58-48(71)39(66)19-36(54-45(68)32-6-10-35(11-7-32)76-13-12-53-20-29-14-30(21-53)16-31(15-29)22-53)46(69)55-40(26(2)61)51(74)59-24-34(64)18-37(59)47(70)57-42(49(72)56-41(27(3)62)52(60)75)38(65)17-28-4-8-33(63)9-5-28/h4-11,25-27,29-31,34,36-44,48,61-67,71H,12-24H2,1-3H3,(H,54,68)(H,55,69)(H,56,72)(H,57,70)(H,58,73). The Balaban J connectivity index is 1.06. The summed E-state index contributed by atoms with van der Waals surface area (Å²) in [5.74, 6) is -5.84. The molecule has 7 fully saturated rings.